The average Bonchev–Trinajstić information content (AvgIpc) is 3.64. The zero-order chi connectivity index (χ0) is 33.1. The Kier molecular flexibility index (Phi) is 6.62. The first-order valence-electron chi connectivity index (χ1n) is 16.2. The van der Waals surface area contributed by atoms with E-state index in [-0.39, 0.29) is 5.69 Å². The summed E-state index contributed by atoms with van der Waals surface area (Å²) >= 11 is 0. The minimum Gasteiger partial charge on any atom is -0.456 e. The molecule has 0 fully saturated rings. The van der Waals surface area contributed by atoms with Crippen molar-refractivity contribution in [1.29, 1.82) is 0 Å². The number of para-hydroxylation sites is 1. The lowest BCUT2D eigenvalue weighted by molar-refractivity contribution is 0.669. The standard InChI is InChI=1S/C43H30N4O2/c1-46-38-20-18-31(25-39(38)47(2)43(46)48)29-13-9-15-33(23-29)37-26-36(44-42(45-37)27-10-4-3-5-11-27)32-14-8-12-28(22-32)30-19-21-41-35(24-30)34-16-6-7-17-40(34)49-41/h3-26H,1-2H3. The summed E-state index contributed by atoms with van der Waals surface area (Å²) in [5.41, 5.74) is 12.4. The second-order valence-corrected chi connectivity index (χ2v) is 12.4. The van der Waals surface area contributed by atoms with Crippen LogP contribution in [0.25, 0.3) is 89.1 Å². The number of aryl methyl sites for hydroxylation is 2. The van der Waals surface area contributed by atoms with Crippen LogP contribution in [0, 0.1) is 0 Å². The predicted molar refractivity (Wildman–Crippen MR) is 198 cm³/mol. The van der Waals surface area contributed by atoms with E-state index in [1.807, 2.05) is 61.6 Å². The van der Waals surface area contributed by atoms with Crippen molar-refractivity contribution in [1.82, 2.24) is 19.1 Å². The number of hydrogen-bond donors (Lipinski definition) is 0. The van der Waals surface area contributed by atoms with Gasteiger partial charge in [0, 0.05) is 41.6 Å². The van der Waals surface area contributed by atoms with Crippen LogP contribution in [0.3, 0.4) is 0 Å². The van der Waals surface area contributed by atoms with Crippen molar-refractivity contribution >= 4 is 33.0 Å². The molecule has 0 aliphatic heterocycles. The van der Waals surface area contributed by atoms with E-state index >= 15 is 0 Å². The molecule has 49 heavy (non-hydrogen) atoms. The van der Waals surface area contributed by atoms with E-state index in [1.165, 1.54) is 0 Å². The third-order valence-corrected chi connectivity index (χ3v) is 9.39. The minimum absolute atomic E-state index is 0.0394. The zero-order valence-corrected chi connectivity index (χ0v) is 27.0. The van der Waals surface area contributed by atoms with Gasteiger partial charge < -0.3 is 4.42 Å². The van der Waals surface area contributed by atoms with E-state index in [9.17, 15) is 4.79 Å². The summed E-state index contributed by atoms with van der Waals surface area (Å²) in [7, 11) is 3.61. The van der Waals surface area contributed by atoms with Gasteiger partial charge in [-0.05, 0) is 70.8 Å². The van der Waals surface area contributed by atoms with Gasteiger partial charge in [-0.15, -0.1) is 0 Å². The summed E-state index contributed by atoms with van der Waals surface area (Å²) in [5.74, 6) is 0.663. The van der Waals surface area contributed by atoms with Gasteiger partial charge in [-0.3, -0.25) is 9.13 Å². The monoisotopic (exact) mass is 634 g/mol. The van der Waals surface area contributed by atoms with Gasteiger partial charge in [0.2, 0.25) is 0 Å². The summed E-state index contributed by atoms with van der Waals surface area (Å²) in [6, 6.07) is 49.8. The first kappa shape index (κ1) is 28.7. The van der Waals surface area contributed by atoms with Crippen molar-refractivity contribution in [3.05, 3.63) is 156 Å². The molecule has 0 unspecified atom stereocenters. The molecule has 234 valence electrons. The number of fused-ring (bicyclic) bond motifs is 4. The second kappa shape index (κ2) is 11.3. The van der Waals surface area contributed by atoms with Crippen LogP contribution >= 0.6 is 0 Å². The van der Waals surface area contributed by atoms with Crippen LogP contribution < -0.4 is 5.69 Å². The van der Waals surface area contributed by atoms with Gasteiger partial charge in [0.1, 0.15) is 11.2 Å². The Morgan fingerprint density at radius 1 is 0.449 bits per heavy atom. The highest BCUT2D eigenvalue weighted by Crippen LogP contribution is 2.35. The van der Waals surface area contributed by atoms with Crippen molar-refractivity contribution in [2.45, 2.75) is 0 Å². The fraction of sp³-hybridized carbons (Fsp3) is 0.0465. The van der Waals surface area contributed by atoms with Crippen LogP contribution in [0.5, 0.6) is 0 Å². The van der Waals surface area contributed by atoms with E-state index < -0.39 is 0 Å². The molecule has 0 aliphatic carbocycles. The summed E-state index contributed by atoms with van der Waals surface area (Å²) in [4.78, 5) is 22.7. The van der Waals surface area contributed by atoms with Gasteiger partial charge in [0.25, 0.3) is 0 Å². The molecule has 9 rings (SSSR count). The smallest absolute Gasteiger partial charge is 0.328 e. The first-order valence-corrected chi connectivity index (χ1v) is 16.2. The van der Waals surface area contributed by atoms with Gasteiger partial charge in [-0.1, -0.05) is 97.1 Å². The quantitative estimate of drug-likeness (QED) is 0.189. The van der Waals surface area contributed by atoms with Crippen molar-refractivity contribution in [2.75, 3.05) is 0 Å². The molecule has 0 atom stereocenters. The molecular formula is C43H30N4O2. The van der Waals surface area contributed by atoms with Crippen molar-refractivity contribution in [3.8, 4) is 56.2 Å². The molecule has 0 saturated heterocycles. The molecule has 0 radical (unpaired) electrons. The lowest BCUT2D eigenvalue weighted by Gasteiger charge is -2.12. The Morgan fingerprint density at radius 2 is 1.00 bits per heavy atom. The highest BCUT2D eigenvalue weighted by molar-refractivity contribution is 6.06. The molecule has 0 saturated carbocycles. The van der Waals surface area contributed by atoms with Gasteiger partial charge >= 0.3 is 5.69 Å². The molecule has 0 N–H and O–H groups in total. The topological polar surface area (TPSA) is 65.8 Å². The molecule has 6 aromatic carbocycles. The van der Waals surface area contributed by atoms with E-state index in [1.54, 1.807) is 16.2 Å². The summed E-state index contributed by atoms with van der Waals surface area (Å²) in [5, 5.41) is 2.21. The van der Waals surface area contributed by atoms with Crippen LogP contribution in [0.4, 0.5) is 0 Å². The molecule has 3 heterocycles. The predicted octanol–water partition coefficient (Wildman–Crippen LogP) is 9.90. The molecule has 6 nitrogen and oxygen atoms in total. The van der Waals surface area contributed by atoms with Crippen LogP contribution in [-0.2, 0) is 14.1 Å². The molecular weight excluding hydrogens is 604 g/mol. The summed E-state index contributed by atoms with van der Waals surface area (Å²) in [6.07, 6.45) is 0. The van der Waals surface area contributed by atoms with Crippen LogP contribution in [0.2, 0.25) is 0 Å². The second-order valence-electron chi connectivity index (χ2n) is 12.4. The van der Waals surface area contributed by atoms with Crippen molar-refractivity contribution in [3.63, 3.8) is 0 Å². The highest BCUT2D eigenvalue weighted by Gasteiger charge is 2.14. The van der Waals surface area contributed by atoms with Gasteiger partial charge in [0.05, 0.1) is 22.4 Å². The lowest BCUT2D eigenvalue weighted by Crippen LogP contribution is -2.19. The highest BCUT2D eigenvalue weighted by atomic mass is 16.3. The number of nitrogens with zero attached hydrogens (tertiary/aromatic N) is 4. The Balaban J connectivity index is 1.16. The summed E-state index contributed by atoms with van der Waals surface area (Å²) < 4.78 is 9.45. The average molecular weight is 635 g/mol. The number of hydrogen-bond acceptors (Lipinski definition) is 4. The third kappa shape index (κ3) is 4.93. The molecule has 3 aromatic heterocycles. The maximum absolute atomic E-state index is 12.6. The maximum atomic E-state index is 12.6. The van der Waals surface area contributed by atoms with Gasteiger partial charge in [-0.2, -0.15) is 0 Å². The number of aromatic nitrogens is 4. The number of imidazole rings is 1. The Morgan fingerprint density at radius 3 is 1.73 bits per heavy atom. The zero-order valence-electron chi connectivity index (χ0n) is 27.0. The van der Waals surface area contributed by atoms with Crippen molar-refractivity contribution in [2.24, 2.45) is 14.1 Å². The van der Waals surface area contributed by atoms with Crippen LogP contribution in [-0.4, -0.2) is 19.1 Å². The molecule has 6 heteroatoms. The molecule has 9 aromatic rings. The SMILES string of the molecule is Cn1c(=O)n(C)c2cc(-c3cccc(-c4cc(-c5cccc(-c6ccc7oc8ccccc8c7c6)c5)nc(-c5ccccc5)n4)c3)ccc21. The minimum atomic E-state index is -0.0394. The molecule has 0 spiro atoms. The first-order chi connectivity index (χ1) is 24.0. The van der Waals surface area contributed by atoms with E-state index in [0.29, 0.717) is 5.82 Å². The fourth-order valence-electron chi connectivity index (χ4n) is 6.77. The number of furan rings is 1. The van der Waals surface area contributed by atoms with E-state index in [4.69, 9.17) is 14.4 Å². The Labute approximate surface area is 282 Å². The summed E-state index contributed by atoms with van der Waals surface area (Å²) in [6.45, 7) is 0. The molecule has 0 amide bonds. The van der Waals surface area contributed by atoms with E-state index in [2.05, 4.69) is 91.0 Å². The number of benzene rings is 6. The molecule has 0 bridgehead atoms. The largest absolute Gasteiger partial charge is 0.456 e. The Bertz CT molecular complexity index is 2770. The van der Waals surface area contributed by atoms with Gasteiger partial charge in [-0.25, -0.2) is 14.8 Å². The maximum Gasteiger partial charge on any atom is 0.328 e. The van der Waals surface area contributed by atoms with E-state index in [0.717, 1.165) is 83.3 Å². The van der Waals surface area contributed by atoms with Crippen molar-refractivity contribution < 1.29 is 4.42 Å². The Hall–Kier alpha value is -6.53. The third-order valence-electron chi connectivity index (χ3n) is 9.39. The van der Waals surface area contributed by atoms with Gasteiger partial charge in [0.15, 0.2) is 5.82 Å². The van der Waals surface area contributed by atoms with Crippen LogP contribution in [0.1, 0.15) is 0 Å². The number of rotatable bonds is 5. The molecule has 0 aliphatic rings. The van der Waals surface area contributed by atoms with Crippen LogP contribution in [0.15, 0.2) is 155 Å². The normalized spacial score (nSPS) is 11.6. The fourth-order valence-corrected chi connectivity index (χ4v) is 6.77. The lowest BCUT2D eigenvalue weighted by atomic mass is 9.98.